The van der Waals surface area contributed by atoms with Crippen molar-refractivity contribution in [1.82, 2.24) is 20.5 Å². The summed E-state index contributed by atoms with van der Waals surface area (Å²) in [6, 6.07) is 8.93. The van der Waals surface area contributed by atoms with Crippen LogP contribution in [0.1, 0.15) is 22.6 Å². The second-order valence-corrected chi connectivity index (χ2v) is 5.15. The van der Waals surface area contributed by atoms with Crippen LogP contribution in [0.4, 0.5) is 0 Å². The molecule has 2 rings (SSSR count). The second kappa shape index (κ2) is 8.04. The monoisotopic (exact) mass is 318 g/mol. The number of amides is 1. The van der Waals surface area contributed by atoms with E-state index in [0.29, 0.717) is 6.42 Å². The minimum atomic E-state index is -1.10. The summed E-state index contributed by atoms with van der Waals surface area (Å²) in [5.74, 6) is -2.46. The van der Waals surface area contributed by atoms with Crippen LogP contribution in [0.5, 0.6) is 0 Å². The normalized spacial score (nSPS) is 13.3. The summed E-state index contributed by atoms with van der Waals surface area (Å²) in [5.41, 5.74) is 0.956. The van der Waals surface area contributed by atoms with Crippen LogP contribution in [-0.2, 0) is 11.2 Å². The van der Waals surface area contributed by atoms with Gasteiger partial charge in [0.25, 0.3) is 5.91 Å². The molecular weight excluding hydrogens is 300 g/mol. The van der Waals surface area contributed by atoms with Crippen molar-refractivity contribution in [3.63, 3.8) is 0 Å². The maximum absolute atomic E-state index is 12.1. The Kier molecular flexibility index (Phi) is 5.81. The number of aliphatic hydroxyl groups is 1. The van der Waals surface area contributed by atoms with Gasteiger partial charge in [0.05, 0.1) is 12.5 Å². The molecular formula is C15H18N4O4. The van der Waals surface area contributed by atoms with Gasteiger partial charge in [-0.05, 0) is 18.4 Å². The number of aromatic nitrogens is 3. The van der Waals surface area contributed by atoms with Gasteiger partial charge in [0.2, 0.25) is 5.82 Å². The first kappa shape index (κ1) is 16.6. The van der Waals surface area contributed by atoms with Gasteiger partial charge in [0, 0.05) is 6.04 Å². The lowest BCUT2D eigenvalue weighted by molar-refractivity contribution is -0.143. The number of rotatable bonds is 8. The Morgan fingerprint density at radius 3 is 2.57 bits per heavy atom. The third-order valence-electron chi connectivity index (χ3n) is 3.43. The minimum Gasteiger partial charge on any atom is -0.481 e. The van der Waals surface area contributed by atoms with Crippen molar-refractivity contribution in [1.29, 1.82) is 0 Å². The number of carboxylic acid groups (broad SMARTS) is 1. The van der Waals surface area contributed by atoms with E-state index < -0.39 is 30.4 Å². The summed E-state index contributed by atoms with van der Waals surface area (Å²) in [5, 5.41) is 27.1. The van der Waals surface area contributed by atoms with E-state index in [0.717, 1.165) is 5.56 Å². The molecule has 8 nitrogen and oxygen atoms in total. The number of H-pyrrole nitrogens is 1. The van der Waals surface area contributed by atoms with Gasteiger partial charge in [-0.15, -0.1) is 0 Å². The highest BCUT2D eigenvalue weighted by Gasteiger charge is 2.24. The molecule has 8 heteroatoms. The lowest BCUT2D eigenvalue weighted by atomic mass is 9.95. The van der Waals surface area contributed by atoms with Gasteiger partial charge >= 0.3 is 5.97 Å². The first-order valence-electron chi connectivity index (χ1n) is 7.14. The number of aromatic amines is 1. The largest absolute Gasteiger partial charge is 0.481 e. The molecule has 4 N–H and O–H groups in total. The fourth-order valence-electron chi connectivity index (χ4n) is 2.26. The number of hydrogen-bond donors (Lipinski definition) is 4. The van der Waals surface area contributed by atoms with Crippen LogP contribution in [0.25, 0.3) is 0 Å². The van der Waals surface area contributed by atoms with E-state index in [1.165, 1.54) is 6.33 Å². The van der Waals surface area contributed by atoms with Crippen molar-refractivity contribution in [2.75, 3.05) is 6.61 Å². The Morgan fingerprint density at radius 1 is 1.26 bits per heavy atom. The Bertz CT molecular complexity index is 630. The van der Waals surface area contributed by atoms with Gasteiger partial charge in [0.1, 0.15) is 6.33 Å². The predicted molar refractivity (Wildman–Crippen MR) is 80.6 cm³/mol. The number of hydrogen-bond acceptors (Lipinski definition) is 5. The third kappa shape index (κ3) is 4.89. The molecule has 2 atom stereocenters. The molecule has 0 bridgehead atoms. The SMILES string of the molecule is O=C(NC(Cc1ccccc1)CC(CO)C(=O)O)c1ncn[nH]1. The predicted octanol–water partition coefficient (Wildman–Crippen LogP) is 0.229. The summed E-state index contributed by atoms with van der Waals surface area (Å²) < 4.78 is 0. The van der Waals surface area contributed by atoms with E-state index in [1.54, 1.807) is 0 Å². The van der Waals surface area contributed by atoms with Crippen molar-refractivity contribution in [3.8, 4) is 0 Å². The maximum atomic E-state index is 12.1. The van der Waals surface area contributed by atoms with Gasteiger partial charge in [-0.2, -0.15) is 5.10 Å². The van der Waals surface area contributed by atoms with Gasteiger partial charge in [0.15, 0.2) is 0 Å². The third-order valence-corrected chi connectivity index (χ3v) is 3.43. The number of nitrogens with one attached hydrogen (secondary N) is 2. The van der Waals surface area contributed by atoms with Crippen LogP contribution in [0.15, 0.2) is 36.7 Å². The van der Waals surface area contributed by atoms with Crippen LogP contribution in [0, 0.1) is 5.92 Å². The summed E-state index contributed by atoms with van der Waals surface area (Å²) in [7, 11) is 0. The van der Waals surface area contributed by atoms with Crippen LogP contribution >= 0.6 is 0 Å². The molecule has 1 aromatic carbocycles. The molecule has 1 aromatic heterocycles. The molecule has 2 unspecified atom stereocenters. The van der Waals surface area contributed by atoms with Gasteiger partial charge in [-0.3, -0.25) is 14.7 Å². The van der Waals surface area contributed by atoms with E-state index in [4.69, 9.17) is 5.11 Å². The highest BCUT2D eigenvalue weighted by atomic mass is 16.4. The molecule has 0 saturated carbocycles. The van der Waals surface area contributed by atoms with Crippen molar-refractivity contribution < 1.29 is 19.8 Å². The molecule has 0 aliphatic rings. The molecule has 2 aromatic rings. The zero-order valence-electron chi connectivity index (χ0n) is 12.3. The Morgan fingerprint density at radius 2 is 2.00 bits per heavy atom. The lowest BCUT2D eigenvalue weighted by Gasteiger charge is -2.21. The highest BCUT2D eigenvalue weighted by Crippen LogP contribution is 2.13. The van der Waals surface area contributed by atoms with Crippen LogP contribution in [0.2, 0.25) is 0 Å². The molecule has 122 valence electrons. The number of carbonyl (C=O) groups excluding carboxylic acids is 1. The summed E-state index contributed by atoms with van der Waals surface area (Å²) in [6.45, 7) is -0.487. The molecule has 0 saturated heterocycles. The number of benzene rings is 1. The number of nitrogens with zero attached hydrogens (tertiary/aromatic N) is 2. The maximum Gasteiger partial charge on any atom is 0.308 e. The van der Waals surface area contributed by atoms with Crippen LogP contribution in [-0.4, -0.2) is 49.9 Å². The molecule has 0 fully saturated rings. The molecule has 1 heterocycles. The van der Waals surface area contributed by atoms with Crippen molar-refractivity contribution in [2.24, 2.45) is 5.92 Å². The van der Waals surface area contributed by atoms with Gasteiger partial charge in [-0.1, -0.05) is 30.3 Å². The standard InChI is InChI=1S/C15H18N4O4/c20-8-11(15(22)23)7-12(6-10-4-2-1-3-5-10)18-14(21)13-16-9-17-19-13/h1-5,9,11-12,20H,6-8H2,(H,18,21)(H,22,23)(H,16,17,19). The van der Waals surface area contributed by atoms with Crippen LogP contribution < -0.4 is 5.32 Å². The molecule has 23 heavy (non-hydrogen) atoms. The first-order valence-corrected chi connectivity index (χ1v) is 7.14. The molecule has 0 radical (unpaired) electrons. The summed E-state index contributed by atoms with van der Waals surface area (Å²) in [6.07, 6.45) is 1.78. The number of carboxylic acids is 1. The minimum absolute atomic E-state index is 0.0546. The van der Waals surface area contributed by atoms with E-state index in [1.807, 2.05) is 30.3 Å². The smallest absolute Gasteiger partial charge is 0.308 e. The Hall–Kier alpha value is -2.74. The summed E-state index contributed by atoms with van der Waals surface area (Å²) >= 11 is 0. The zero-order chi connectivity index (χ0) is 16.7. The van der Waals surface area contributed by atoms with E-state index in [9.17, 15) is 14.7 Å². The number of aliphatic hydroxyl groups excluding tert-OH is 1. The molecule has 1 amide bonds. The van der Waals surface area contributed by atoms with E-state index >= 15 is 0 Å². The van der Waals surface area contributed by atoms with E-state index in [2.05, 4.69) is 20.5 Å². The first-order chi connectivity index (χ1) is 11.1. The molecule has 0 spiro atoms. The topological polar surface area (TPSA) is 128 Å². The quantitative estimate of drug-likeness (QED) is 0.551. The van der Waals surface area contributed by atoms with Crippen molar-refractivity contribution in [3.05, 3.63) is 48.0 Å². The molecule has 0 aliphatic heterocycles. The second-order valence-electron chi connectivity index (χ2n) is 5.15. The van der Waals surface area contributed by atoms with Crippen molar-refractivity contribution in [2.45, 2.75) is 18.9 Å². The lowest BCUT2D eigenvalue weighted by Crippen LogP contribution is -2.40. The summed E-state index contributed by atoms with van der Waals surface area (Å²) in [4.78, 5) is 27.0. The fraction of sp³-hybridized carbons (Fsp3) is 0.333. The van der Waals surface area contributed by atoms with E-state index in [-0.39, 0.29) is 12.2 Å². The fourth-order valence-corrected chi connectivity index (χ4v) is 2.26. The highest BCUT2D eigenvalue weighted by molar-refractivity contribution is 5.90. The molecule has 0 aliphatic carbocycles. The number of carbonyl (C=O) groups is 2. The average Bonchev–Trinajstić information content (AvgIpc) is 3.07. The average molecular weight is 318 g/mol. The van der Waals surface area contributed by atoms with Gasteiger partial charge < -0.3 is 15.5 Å². The number of aliphatic carboxylic acids is 1. The Balaban J connectivity index is 2.10. The Labute approximate surface area is 132 Å². The van der Waals surface area contributed by atoms with Gasteiger partial charge in [-0.25, -0.2) is 4.98 Å². The van der Waals surface area contributed by atoms with Crippen LogP contribution in [0.3, 0.4) is 0 Å². The zero-order valence-corrected chi connectivity index (χ0v) is 12.3. The van der Waals surface area contributed by atoms with Crippen molar-refractivity contribution >= 4 is 11.9 Å².